The van der Waals surface area contributed by atoms with Gasteiger partial charge in [0.2, 0.25) is 0 Å². The second kappa shape index (κ2) is 3.57. The third-order valence-electron chi connectivity index (χ3n) is 2.56. The molecule has 0 aliphatic heterocycles. The summed E-state index contributed by atoms with van der Waals surface area (Å²) in [6.07, 6.45) is 0.935. The molecule has 0 atom stereocenters. The third-order valence-corrected chi connectivity index (χ3v) is 2.56. The molecule has 0 unspecified atom stereocenters. The number of aryl methyl sites for hydroxylation is 1. The second-order valence-electron chi connectivity index (χ2n) is 4.34. The van der Waals surface area contributed by atoms with E-state index in [4.69, 9.17) is 0 Å². The molecule has 0 saturated carbocycles. The Balaban J connectivity index is 2.65. The average molecular weight is 204 g/mol. The van der Waals surface area contributed by atoms with E-state index in [9.17, 15) is 5.11 Å². The Kier molecular flexibility index (Phi) is 2.39. The number of hydrogen-bond donors (Lipinski definition) is 1. The van der Waals surface area contributed by atoms with Gasteiger partial charge < -0.3 is 5.11 Å². The second-order valence-corrected chi connectivity index (χ2v) is 4.34. The van der Waals surface area contributed by atoms with Crippen LogP contribution in [0.1, 0.15) is 19.5 Å². The molecule has 0 spiro atoms. The van der Waals surface area contributed by atoms with Gasteiger partial charge in [-0.05, 0) is 24.5 Å². The highest BCUT2D eigenvalue weighted by Crippen LogP contribution is 2.28. The molecule has 3 nitrogen and oxygen atoms in total. The van der Waals surface area contributed by atoms with Gasteiger partial charge in [-0.1, -0.05) is 19.9 Å². The first-order valence-corrected chi connectivity index (χ1v) is 5.23. The molecule has 2 aromatic rings. The van der Waals surface area contributed by atoms with Gasteiger partial charge in [0.15, 0.2) is 0 Å². The van der Waals surface area contributed by atoms with E-state index in [1.807, 2.05) is 23.9 Å². The molecule has 3 heteroatoms. The maximum absolute atomic E-state index is 9.82. The van der Waals surface area contributed by atoms with Gasteiger partial charge in [0.05, 0.1) is 10.9 Å². The van der Waals surface area contributed by atoms with Crippen molar-refractivity contribution >= 4 is 10.9 Å². The van der Waals surface area contributed by atoms with E-state index in [1.54, 1.807) is 6.07 Å². The zero-order valence-electron chi connectivity index (χ0n) is 9.36. The zero-order valence-corrected chi connectivity index (χ0v) is 9.36. The number of hydrogen-bond acceptors (Lipinski definition) is 2. The molecule has 0 radical (unpaired) electrons. The fourth-order valence-electron chi connectivity index (χ4n) is 1.91. The summed E-state index contributed by atoms with van der Waals surface area (Å²) in [5.41, 5.74) is 1.98. The lowest BCUT2D eigenvalue weighted by Crippen LogP contribution is -2.02. The van der Waals surface area contributed by atoms with Crippen LogP contribution in [0.2, 0.25) is 0 Å². The Morgan fingerprint density at radius 3 is 2.80 bits per heavy atom. The van der Waals surface area contributed by atoms with Gasteiger partial charge in [0, 0.05) is 12.7 Å². The van der Waals surface area contributed by atoms with Crippen LogP contribution in [-0.2, 0) is 13.5 Å². The summed E-state index contributed by atoms with van der Waals surface area (Å²) < 4.78 is 1.87. The number of rotatable bonds is 2. The predicted molar refractivity (Wildman–Crippen MR) is 60.9 cm³/mol. The zero-order chi connectivity index (χ0) is 11.0. The molecule has 1 aromatic heterocycles. The summed E-state index contributed by atoms with van der Waals surface area (Å²) in [5.74, 6) is 0.888. The van der Waals surface area contributed by atoms with Gasteiger partial charge in [-0.25, -0.2) is 0 Å². The van der Waals surface area contributed by atoms with E-state index in [-0.39, 0.29) is 0 Å². The summed E-state index contributed by atoms with van der Waals surface area (Å²) in [6.45, 7) is 4.33. The summed E-state index contributed by atoms with van der Waals surface area (Å²) in [7, 11) is 1.93. The van der Waals surface area contributed by atoms with E-state index in [2.05, 4.69) is 18.9 Å². The van der Waals surface area contributed by atoms with Crippen molar-refractivity contribution in [2.24, 2.45) is 13.0 Å². The van der Waals surface area contributed by atoms with Gasteiger partial charge in [-0.2, -0.15) is 5.10 Å². The van der Waals surface area contributed by atoms with E-state index in [0.29, 0.717) is 11.7 Å². The lowest BCUT2D eigenvalue weighted by atomic mass is 10.0. The Morgan fingerprint density at radius 1 is 1.40 bits per heavy atom. The molecule has 2 rings (SSSR count). The van der Waals surface area contributed by atoms with E-state index >= 15 is 0 Å². The van der Waals surface area contributed by atoms with Crippen molar-refractivity contribution in [1.29, 1.82) is 0 Å². The van der Waals surface area contributed by atoms with Gasteiger partial charge in [-0.15, -0.1) is 0 Å². The first-order chi connectivity index (χ1) is 7.09. The lowest BCUT2D eigenvalue weighted by Gasteiger charge is -2.06. The predicted octanol–water partition coefficient (Wildman–Crippen LogP) is 2.48. The Hall–Kier alpha value is -1.51. The molecule has 1 aromatic carbocycles. The minimum absolute atomic E-state index is 0.330. The van der Waals surface area contributed by atoms with Crippen LogP contribution in [0.5, 0.6) is 5.75 Å². The molecule has 0 aliphatic carbocycles. The number of nitrogens with zero attached hydrogens (tertiary/aromatic N) is 2. The monoisotopic (exact) mass is 204 g/mol. The standard InChI is InChI=1S/C12H16N2O/c1-8(2)7-10-12-9(13-14(10)3)5-4-6-11(12)15/h4-6,8,15H,7H2,1-3H3. The summed E-state index contributed by atoms with van der Waals surface area (Å²) >= 11 is 0. The number of benzene rings is 1. The highest BCUT2D eigenvalue weighted by Gasteiger charge is 2.13. The van der Waals surface area contributed by atoms with Crippen LogP contribution in [0.3, 0.4) is 0 Å². The van der Waals surface area contributed by atoms with Crippen molar-refractivity contribution in [2.45, 2.75) is 20.3 Å². The van der Waals surface area contributed by atoms with E-state index < -0.39 is 0 Å². The van der Waals surface area contributed by atoms with Crippen molar-refractivity contribution in [3.8, 4) is 5.75 Å². The summed E-state index contributed by atoms with van der Waals surface area (Å²) in [5, 5.41) is 15.1. The first kappa shape index (κ1) is 10.0. The SMILES string of the molecule is CC(C)Cc1c2c(O)cccc2nn1C. The number of aromatic hydroxyl groups is 1. The quantitative estimate of drug-likeness (QED) is 0.816. The highest BCUT2D eigenvalue weighted by molar-refractivity contribution is 5.87. The number of phenols is 1. The maximum Gasteiger partial charge on any atom is 0.126 e. The van der Waals surface area contributed by atoms with Crippen molar-refractivity contribution in [1.82, 2.24) is 9.78 Å². The van der Waals surface area contributed by atoms with E-state index in [1.165, 1.54) is 0 Å². The molecule has 15 heavy (non-hydrogen) atoms. The van der Waals surface area contributed by atoms with Crippen LogP contribution in [0.25, 0.3) is 10.9 Å². The smallest absolute Gasteiger partial charge is 0.126 e. The molecular weight excluding hydrogens is 188 g/mol. The highest BCUT2D eigenvalue weighted by atomic mass is 16.3. The maximum atomic E-state index is 9.82. The molecule has 0 saturated heterocycles. The van der Waals surface area contributed by atoms with Crippen molar-refractivity contribution < 1.29 is 5.11 Å². The number of phenolic OH excluding ortho intramolecular Hbond substituents is 1. The van der Waals surface area contributed by atoms with Gasteiger partial charge in [-0.3, -0.25) is 4.68 Å². The molecule has 1 N–H and O–H groups in total. The third kappa shape index (κ3) is 1.69. The van der Waals surface area contributed by atoms with Crippen LogP contribution in [0.15, 0.2) is 18.2 Å². The fourth-order valence-corrected chi connectivity index (χ4v) is 1.91. The molecule has 0 fully saturated rings. The topological polar surface area (TPSA) is 38.1 Å². The van der Waals surface area contributed by atoms with Crippen LogP contribution >= 0.6 is 0 Å². The Labute approximate surface area is 89.3 Å². The average Bonchev–Trinajstić information content (AvgIpc) is 2.43. The van der Waals surface area contributed by atoms with Crippen LogP contribution in [0.4, 0.5) is 0 Å². The largest absolute Gasteiger partial charge is 0.507 e. The molecular formula is C12H16N2O. The van der Waals surface area contributed by atoms with Crippen LogP contribution < -0.4 is 0 Å². The summed E-state index contributed by atoms with van der Waals surface area (Å²) in [4.78, 5) is 0. The molecule has 1 heterocycles. The minimum Gasteiger partial charge on any atom is -0.507 e. The van der Waals surface area contributed by atoms with Crippen molar-refractivity contribution in [2.75, 3.05) is 0 Å². The lowest BCUT2D eigenvalue weighted by molar-refractivity contribution is 0.480. The molecule has 0 bridgehead atoms. The molecule has 0 aliphatic rings. The Bertz CT molecular complexity index is 486. The van der Waals surface area contributed by atoms with Crippen LogP contribution in [-0.4, -0.2) is 14.9 Å². The number of aromatic nitrogens is 2. The molecule has 80 valence electrons. The van der Waals surface area contributed by atoms with Crippen molar-refractivity contribution in [3.05, 3.63) is 23.9 Å². The minimum atomic E-state index is 0.330. The van der Waals surface area contributed by atoms with Gasteiger partial charge >= 0.3 is 0 Å². The molecule has 0 amide bonds. The Morgan fingerprint density at radius 2 is 2.13 bits per heavy atom. The first-order valence-electron chi connectivity index (χ1n) is 5.23. The normalized spacial score (nSPS) is 11.5. The van der Waals surface area contributed by atoms with Crippen LogP contribution in [0, 0.1) is 5.92 Å². The van der Waals surface area contributed by atoms with Gasteiger partial charge in [0.25, 0.3) is 0 Å². The number of fused-ring (bicyclic) bond motifs is 1. The van der Waals surface area contributed by atoms with E-state index in [0.717, 1.165) is 23.0 Å². The van der Waals surface area contributed by atoms with Crippen molar-refractivity contribution in [3.63, 3.8) is 0 Å². The summed E-state index contributed by atoms with van der Waals surface area (Å²) in [6, 6.07) is 5.47. The van der Waals surface area contributed by atoms with Gasteiger partial charge in [0.1, 0.15) is 5.75 Å². The fraction of sp³-hybridized carbons (Fsp3) is 0.417.